The molecule has 2 amide bonds. The van der Waals surface area contributed by atoms with E-state index in [2.05, 4.69) is 0 Å². The lowest BCUT2D eigenvalue weighted by atomic mass is 10.3. The molecule has 0 aliphatic heterocycles. The molecule has 0 fully saturated rings. The molecule has 1 rings (SSSR count). The molecule has 0 heterocycles. The standard InChI is InChI=1S/C12H15N3O/c1-14(2)12(16)15(10-6-9-13)11-7-4-3-5-8-11/h3-5,7-8H,6,10H2,1-2H3. The first kappa shape index (κ1) is 12.1. The van der Waals surface area contributed by atoms with Gasteiger partial charge in [0.25, 0.3) is 0 Å². The molecule has 16 heavy (non-hydrogen) atoms. The predicted molar refractivity (Wildman–Crippen MR) is 63.1 cm³/mol. The van der Waals surface area contributed by atoms with Crippen LogP contribution in [0.3, 0.4) is 0 Å². The molecule has 0 atom stereocenters. The summed E-state index contributed by atoms with van der Waals surface area (Å²) in [7, 11) is 3.40. The zero-order chi connectivity index (χ0) is 12.0. The molecule has 4 heteroatoms. The summed E-state index contributed by atoms with van der Waals surface area (Å²) < 4.78 is 0. The van der Waals surface area contributed by atoms with Crippen molar-refractivity contribution in [1.82, 2.24) is 4.90 Å². The largest absolute Gasteiger partial charge is 0.330 e. The average Bonchev–Trinajstić information content (AvgIpc) is 2.30. The third kappa shape index (κ3) is 2.99. The lowest BCUT2D eigenvalue weighted by Gasteiger charge is -2.25. The van der Waals surface area contributed by atoms with E-state index >= 15 is 0 Å². The van der Waals surface area contributed by atoms with E-state index in [1.807, 2.05) is 36.4 Å². The normalized spacial score (nSPS) is 9.31. The minimum atomic E-state index is -0.110. The predicted octanol–water partition coefficient (Wildman–Crippen LogP) is 2.09. The van der Waals surface area contributed by atoms with Gasteiger partial charge in [0, 0.05) is 26.3 Å². The van der Waals surface area contributed by atoms with Gasteiger partial charge in [0.2, 0.25) is 0 Å². The van der Waals surface area contributed by atoms with Crippen LogP contribution in [0.1, 0.15) is 6.42 Å². The van der Waals surface area contributed by atoms with Crippen LogP contribution in [0.4, 0.5) is 10.5 Å². The topological polar surface area (TPSA) is 47.3 Å². The first-order chi connectivity index (χ1) is 7.66. The Labute approximate surface area is 95.7 Å². The zero-order valence-electron chi connectivity index (χ0n) is 9.55. The fraction of sp³-hybridized carbons (Fsp3) is 0.333. The van der Waals surface area contributed by atoms with Gasteiger partial charge in [0.1, 0.15) is 0 Å². The van der Waals surface area contributed by atoms with Gasteiger partial charge in [-0.1, -0.05) is 18.2 Å². The first-order valence-electron chi connectivity index (χ1n) is 5.07. The van der Waals surface area contributed by atoms with Gasteiger partial charge in [-0.15, -0.1) is 0 Å². The third-order valence-electron chi connectivity index (χ3n) is 2.13. The molecular weight excluding hydrogens is 202 g/mol. The maximum atomic E-state index is 11.9. The van der Waals surface area contributed by atoms with Gasteiger partial charge in [-0.3, -0.25) is 4.90 Å². The molecule has 0 saturated carbocycles. The van der Waals surface area contributed by atoms with Gasteiger partial charge in [-0.05, 0) is 12.1 Å². The van der Waals surface area contributed by atoms with Gasteiger partial charge in [-0.2, -0.15) is 5.26 Å². The summed E-state index contributed by atoms with van der Waals surface area (Å²) in [4.78, 5) is 15.0. The third-order valence-corrected chi connectivity index (χ3v) is 2.13. The highest BCUT2D eigenvalue weighted by Crippen LogP contribution is 2.14. The lowest BCUT2D eigenvalue weighted by Crippen LogP contribution is -2.39. The Kier molecular flexibility index (Phi) is 4.34. The average molecular weight is 217 g/mol. The number of nitriles is 1. The van der Waals surface area contributed by atoms with Crippen molar-refractivity contribution in [1.29, 1.82) is 5.26 Å². The number of benzene rings is 1. The Bertz CT molecular complexity index is 381. The number of urea groups is 1. The van der Waals surface area contributed by atoms with Crippen molar-refractivity contribution in [3.05, 3.63) is 30.3 Å². The van der Waals surface area contributed by atoms with Crippen LogP contribution in [-0.4, -0.2) is 31.6 Å². The van der Waals surface area contributed by atoms with Crippen LogP contribution in [-0.2, 0) is 0 Å². The van der Waals surface area contributed by atoms with Crippen molar-refractivity contribution in [2.24, 2.45) is 0 Å². The number of anilines is 1. The monoisotopic (exact) mass is 217 g/mol. The van der Waals surface area contributed by atoms with Crippen LogP contribution < -0.4 is 4.90 Å². The van der Waals surface area contributed by atoms with Crippen LogP contribution in [0.2, 0.25) is 0 Å². The molecule has 0 aliphatic rings. The number of amides is 2. The highest BCUT2D eigenvalue weighted by atomic mass is 16.2. The summed E-state index contributed by atoms with van der Waals surface area (Å²) in [6.07, 6.45) is 0.328. The van der Waals surface area contributed by atoms with E-state index < -0.39 is 0 Å². The summed E-state index contributed by atoms with van der Waals surface area (Å²) >= 11 is 0. The number of carbonyl (C=O) groups is 1. The molecule has 0 aliphatic carbocycles. The Hall–Kier alpha value is -2.02. The summed E-state index contributed by atoms with van der Waals surface area (Å²) in [5.74, 6) is 0. The molecule has 0 aromatic heterocycles. The number of para-hydroxylation sites is 1. The van der Waals surface area contributed by atoms with Gasteiger partial charge in [-0.25, -0.2) is 4.79 Å². The Morgan fingerprint density at radius 2 is 1.94 bits per heavy atom. The van der Waals surface area contributed by atoms with E-state index in [1.165, 1.54) is 4.90 Å². The summed E-state index contributed by atoms with van der Waals surface area (Å²) in [6, 6.07) is 11.3. The summed E-state index contributed by atoms with van der Waals surface area (Å²) in [5.41, 5.74) is 0.816. The van der Waals surface area contributed by atoms with Crippen molar-refractivity contribution in [3.63, 3.8) is 0 Å². The fourth-order valence-electron chi connectivity index (χ4n) is 1.35. The highest BCUT2D eigenvalue weighted by Gasteiger charge is 2.16. The molecular formula is C12H15N3O. The van der Waals surface area contributed by atoms with E-state index in [0.717, 1.165) is 5.69 Å². The van der Waals surface area contributed by atoms with Crippen LogP contribution in [0.25, 0.3) is 0 Å². The van der Waals surface area contributed by atoms with Crippen LogP contribution in [0, 0.1) is 11.3 Å². The minimum absolute atomic E-state index is 0.110. The van der Waals surface area contributed by atoms with Crippen molar-refractivity contribution in [3.8, 4) is 6.07 Å². The molecule has 4 nitrogen and oxygen atoms in total. The maximum absolute atomic E-state index is 11.9. The van der Waals surface area contributed by atoms with Crippen molar-refractivity contribution < 1.29 is 4.79 Å². The van der Waals surface area contributed by atoms with Gasteiger partial charge in [0.15, 0.2) is 0 Å². The Morgan fingerprint density at radius 3 is 2.44 bits per heavy atom. The Morgan fingerprint density at radius 1 is 1.31 bits per heavy atom. The summed E-state index contributed by atoms with van der Waals surface area (Å²) in [6.45, 7) is 0.414. The van der Waals surface area contributed by atoms with E-state index in [9.17, 15) is 4.79 Å². The molecule has 0 saturated heterocycles. The second kappa shape index (κ2) is 5.76. The van der Waals surface area contributed by atoms with Gasteiger partial charge in [0.05, 0.1) is 12.5 Å². The molecule has 0 unspecified atom stereocenters. The quantitative estimate of drug-likeness (QED) is 0.778. The SMILES string of the molecule is CN(C)C(=O)N(CCC#N)c1ccccc1. The fourth-order valence-corrected chi connectivity index (χ4v) is 1.35. The zero-order valence-corrected chi connectivity index (χ0v) is 9.55. The van der Waals surface area contributed by atoms with E-state index in [0.29, 0.717) is 13.0 Å². The number of hydrogen-bond acceptors (Lipinski definition) is 2. The summed E-state index contributed by atoms with van der Waals surface area (Å²) in [5, 5.41) is 8.58. The van der Waals surface area contributed by atoms with Crippen molar-refractivity contribution >= 4 is 11.7 Å². The van der Waals surface area contributed by atoms with E-state index in [-0.39, 0.29) is 6.03 Å². The number of carbonyl (C=O) groups excluding carboxylic acids is 1. The van der Waals surface area contributed by atoms with Gasteiger partial charge >= 0.3 is 6.03 Å². The van der Waals surface area contributed by atoms with E-state index in [4.69, 9.17) is 5.26 Å². The molecule has 0 radical (unpaired) electrons. The highest BCUT2D eigenvalue weighted by molar-refractivity contribution is 5.91. The molecule has 84 valence electrons. The van der Waals surface area contributed by atoms with Crippen molar-refractivity contribution in [2.75, 3.05) is 25.5 Å². The second-order valence-electron chi connectivity index (χ2n) is 3.57. The smallest absolute Gasteiger partial charge is 0.323 e. The van der Waals surface area contributed by atoms with Crippen molar-refractivity contribution in [2.45, 2.75) is 6.42 Å². The number of rotatable bonds is 3. The first-order valence-corrected chi connectivity index (χ1v) is 5.07. The Balaban J connectivity index is 2.88. The van der Waals surface area contributed by atoms with E-state index in [1.54, 1.807) is 19.0 Å². The molecule has 1 aromatic carbocycles. The van der Waals surface area contributed by atoms with Gasteiger partial charge < -0.3 is 4.90 Å². The number of nitrogens with zero attached hydrogens (tertiary/aromatic N) is 3. The van der Waals surface area contributed by atoms with Crippen LogP contribution in [0.5, 0.6) is 0 Å². The van der Waals surface area contributed by atoms with Crippen LogP contribution >= 0.6 is 0 Å². The molecule has 0 N–H and O–H groups in total. The molecule has 0 spiro atoms. The lowest BCUT2D eigenvalue weighted by molar-refractivity contribution is 0.224. The van der Waals surface area contributed by atoms with Crippen LogP contribution in [0.15, 0.2) is 30.3 Å². The molecule has 1 aromatic rings. The second-order valence-corrected chi connectivity index (χ2v) is 3.57. The molecule has 0 bridgehead atoms. The number of hydrogen-bond donors (Lipinski definition) is 0. The minimum Gasteiger partial charge on any atom is -0.330 e. The maximum Gasteiger partial charge on any atom is 0.323 e.